The summed E-state index contributed by atoms with van der Waals surface area (Å²) in [6.45, 7) is 3.85. The molecule has 6 heteroatoms. The Morgan fingerprint density at radius 3 is 2.67 bits per heavy atom. The molecule has 0 saturated carbocycles. The predicted octanol–water partition coefficient (Wildman–Crippen LogP) is 3.31. The zero-order valence-corrected chi connectivity index (χ0v) is 13.7. The van der Waals surface area contributed by atoms with Gasteiger partial charge in [-0.05, 0) is 19.1 Å². The van der Waals surface area contributed by atoms with E-state index >= 15 is 0 Å². The van der Waals surface area contributed by atoms with E-state index < -0.39 is 11.9 Å². The Morgan fingerprint density at radius 2 is 1.92 bits per heavy atom. The maximum absolute atomic E-state index is 12.4. The minimum absolute atomic E-state index is 0.00458. The molecule has 2 atom stereocenters. The van der Waals surface area contributed by atoms with Crippen LogP contribution in [0.3, 0.4) is 0 Å². The second kappa shape index (κ2) is 6.39. The lowest BCUT2D eigenvalue weighted by Gasteiger charge is -2.09. The lowest BCUT2D eigenvalue weighted by Crippen LogP contribution is -2.12. The number of hydrogen-bond acceptors (Lipinski definition) is 6. The van der Waals surface area contributed by atoms with E-state index in [-0.39, 0.29) is 30.0 Å². The Kier molecular flexibility index (Phi) is 4.29. The van der Waals surface area contributed by atoms with Gasteiger partial charge in [0.2, 0.25) is 0 Å². The van der Waals surface area contributed by atoms with Crippen molar-refractivity contribution in [3.63, 3.8) is 0 Å². The van der Waals surface area contributed by atoms with Crippen LogP contribution >= 0.6 is 0 Å². The summed E-state index contributed by atoms with van der Waals surface area (Å²) in [6, 6.07) is 6.89. The number of benzene rings is 1. The molecule has 24 heavy (non-hydrogen) atoms. The third kappa shape index (κ3) is 2.75. The summed E-state index contributed by atoms with van der Waals surface area (Å²) < 4.78 is 20.9. The fourth-order valence-electron chi connectivity index (χ4n) is 2.70. The molecule has 0 spiro atoms. The summed E-state index contributed by atoms with van der Waals surface area (Å²) in [5, 5.41) is 0. The van der Waals surface area contributed by atoms with E-state index in [1.54, 1.807) is 12.1 Å². The van der Waals surface area contributed by atoms with E-state index in [4.69, 9.17) is 13.9 Å². The second-order valence-electron chi connectivity index (χ2n) is 5.66. The molecular weight excluding hydrogens is 312 g/mol. The number of fused-ring (bicyclic) bond motifs is 1. The molecule has 1 aliphatic heterocycles. The molecule has 0 fully saturated rings. The number of rotatable bonds is 4. The number of carbonyl (C=O) groups excluding carboxylic acids is 2. The van der Waals surface area contributed by atoms with Crippen LogP contribution in [-0.2, 0) is 16.1 Å². The number of hydrogen-bond donors (Lipinski definition) is 0. The minimum Gasteiger partial charge on any atom is -0.489 e. The molecule has 0 amide bonds. The highest BCUT2D eigenvalue weighted by molar-refractivity contribution is 5.94. The Balaban J connectivity index is 1.76. The molecular formula is C18H18O6. The van der Waals surface area contributed by atoms with Gasteiger partial charge in [0.05, 0.1) is 13.4 Å². The maximum atomic E-state index is 12.4. The van der Waals surface area contributed by atoms with Crippen molar-refractivity contribution in [3.05, 3.63) is 53.0 Å². The molecule has 0 saturated heterocycles. The monoisotopic (exact) mass is 330 g/mol. The van der Waals surface area contributed by atoms with Gasteiger partial charge in [0, 0.05) is 11.5 Å². The molecule has 6 nitrogen and oxygen atoms in total. The van der Waals surface area contributed by atoms with Crippen molar-refractivity contribution in [2.75, 3.05) is 7.11 Å². The second-order valence-corrected chi connectivity index (χ2v) is 5.66. The van der Waals surface area contributed by atoms with Crippen LogP contribution in [0.1, 0.15) is 51.8 Å². The number of furan rings is 1. The quantitative estimate of drug-likeness (QED) is 0.801. The highest BCUT2D eigenvalue weighted by Gasteiger charge is 2.31. The Hall–Kier alpha value is -2.76. The third-order valence-electron chi connectivity index (χ3n) is 4.25. The largest absolute Gasteiger partial charge is 0.489 e. The van der Waals surface area contributed by atoms with Gasteiger partial charge in [-0.15, -0.1) is 0 Å². The third-order valence-corrected chi connectivity index (χ3v) is 4.25. The summed E-state index contributed by atoms with van der Waals surface area (Å²) >= 11 is 0. The van der Waals surface area contributed by atoms with Gasteiger partial charge in [0.25, 0.3) is 0 Å². The molecule has 0 bridgehead atoms. The topological polar surface area (TPSA) is 75.0 Å². The first-order valence-corrected chi connectivity index (χ1v) is 7.64. The summed E-state index contributed by atoms with van der Waals surface area (Å²) in [4.78, 5) is 24.0. The van der Waals surface area contributed by atoms with E-state index in [1.165, 1.54) is 19.4 Å². The summed E-state index contributed by atoms with van der Waals surface area (Å²) in [5.41, 5.74) is 1.60. The summed E-state index contributed by atoms with van der Waals surface area (Å²) in [6.07, 6.45) is 1.35. The highest BCUT2D eigenvalue weighted by Crippen LogP contribution is 2.40. The Morgan fingerprint density at radius 1 is 1.12 bits per heavy atom. The summed E-state index contributed by atoms with van der Waals surface area (Å²) in [5.74, 6) is -0.0499. The number of methoxy groups -OCH3 is 1. The standard InChI is InChI=1S/C18H18O6/c1-10-11(2)24-16-12(10)5-4-6-14(16)18(20)23-9-15-13(7-8-22-15)17(19)21-3/h4-8,10-11H,9H2,1-3H3. The lowest BCUT2D eigenvalue weighted by atomic mass is 9.97. The van der Waals surface area contributed by atoms with E-state index in [2.05, 4.69) is 11.7 Å². The molecule has 1 aromatic carbocycles. The van der Waals surface area contributed by atoms with Gasteiger partial charge in [-0.25, -0.2) is 9.59 Å². The van der Waals surface area contributed by atoms with Crippen LogP contribution in [0.15, 0.2) is 34.9 Å². The van der Waals surface area contributed by atoms with Crippen molar-refractivity contribution in [2.24, 2.45) is 0 Å². The lowest BCUT2D eigenvalue weighted by molar-refractivity contribution is 0.0427. The van der Waals surface area contributed by atoms with E-state index in [1.807, 2.05) is 13.0 Å². The molecule has 1 aromatic heterocycles. The predicted molar refractivity (Wildman–Crippen MR) is 84.1 cm³/mol. The van der Waals surface area contributed by atoms with Crippen LogP contribution < -0.4 is 4.74 Å². The van der Waals surface area contributed by atoms with Gasteiger partial charge in [-0.1, -0.05) is 19.1 Å². The zero-order chi connectivity index (χ0) is 17.3. The first-order chi connectivity index (χ1) is 11.5. The van der Waals surface area contributed by atoms with Gasteiger partial charge in [0.15, 0.2) is 12.4 Å². The van der Waals surface area contributed by atoms with Crippen LogP contribution in [0, 0.1) is 0 Å². The normalized spacial score (nSPS) is 18.6. The van der Waals surface area contributed by atoms with Crippen LogP contribution in [0.4, 0.5) is 0 Å². The van der Waals surface area contributed by atoms with E-state index in [9.17, 15) is 9.59 Å². The van der Waals surface area contributed by atoms with E-state index in [0.717, 1.165) is 5.56 Å². The molecule has 0 N–H and O–H groups in total. The van der Waals surface area contributed by atoms with Crippen LogP contribution in [0.5, 0.6) is 5.75 Å². The molecule has 0 aliphatic carbocycles. The minimum atomic E-state index is -0.540. The van der Waals surface area contributed by atoms with Gasteiger partial charge >= 0.3 is 11.9 Å². The van der Waals surface area contributed by atoms with E-state index in [0.29, 0.717) is 11.3 Å². The van der Waals surface area contributed by atoms with Crippen molar-refractivity contribution >= 4 is 11.9 Å². The first-order valence-electron chi connectivity index (χ1n) is 7.64. The smallest absolute Gasteiger partial charge is 0.342 e. The van der Waals surface area contributed by atoms with Crippen molar-refractivity contribution < 1.29 is 28.2 Å². The van der Waals surface area contributed by atoms with Crippen LogP contribution in [0.2, 0.25) is 0 Å². The van der Waals surface area contributed by atoms with Gasteiger partial charge in [0.1, 0.15) is 23.0 Å². The fourth-order valence-corrected chi connectivity index (χ4v) is 2.70. The van der Waals surface area contributed by atoms with Gasteiger partial charge < -0.3 is 18.6 Å². The molecule has 1 aliphatic rings. The molecule has 0 radical (unpaired) electrons. The van der Waals surface area contributed by atoms with Crippen molar-refractivity contribution in [1.82, 2.24) is 0 Å². The van der Waals surface area contributed by atoms with Crippen molar-refractivity contribution in [2.45, 2.75) is 32.5 Å². The Labute approximate surface area is 139 Å². The van der Waals surface area contributed by atoms with Crippen LogP contribution in [0.25, 0.3) is 0 Å². The molecule has 3 rings (SSSR count). The van der Waals surface area contributed by atoms with Gasteiger partial charge in [-0.2, -0.15) is 0 Å². The first kappa shape index (κ1) is 16.1. The Bertz CT molecular complexity index is 776. The average Bonchev–Trinajstić information content (AvgIpc) is 3.17. The van der Waals surface area contributed by atoms with Crippen molar-refractivity contribution in [3.8, 4) is 5.75 Å². The maximum Gasteiger partial charge on any atom is 0.342 e. The molecule has 2 heterocycles. The molecule has 2 unspecified atom stereocenters. The molecule has 126 valence electrons. The molecule has 2 aromatic rings. The zero-order valence-electron chi connectivity index (χ0n) is 13.7. The number of carbonyl (C=O) groups is 2. The van der Waals surface area contributed by atoms with Crippen molar-refractivity contribution in [1.29, 1.82) is 0 Å². The highest BCUT2D eigenvalue weighted by atomic mass is 16.5. The number of para-hydroxylation sites is 1. The average molecular weight is 330 g/mol. The van der Waals surface area contributed by atoms with Crippen LogP contribution in [-0.4, -0.2) is 25.2 Å². The number of ether oxygens (including phenoxy) is 3. The summed E-state index contributed by atoms with van der Waals surface area (Å²) in [7, 11) is 1.28. The SMILES string of the molecule is COC(=O)c1ccoc1COC(=O)c1cccc2c1OC(C)C2C. The number of esters is 2. The van der Waals surface area contributed by atoms with Gasteiger partial charge in [-0.3, -0.25) is 0 Å². The fraction of sp³-hybridized carbons (Fsp3) is 0.333.